The predicted octanol–water partition coefficient (Wildman–Crippen LogP) is 1.89. The van der Waals surface area contributed by atoms with E-state index in [0.717, 1.165) is 0 Å². The maximum absolute atomic E-state index is 8.58. The molecule has 0 bridgehead atoms. The van der Waals surface area contributed by atoms with Crippen LogP contribution in [-0.4, -0.2) is 28.1 Å². The average molecular weight is 276 g/mol. The van der Waals surface area contributed by atoms with Crippen LogP contribution < -0.4 is 10.1 Å². The highest BCUT2D eigenvalue weighted by Crippen LogP contribution is 2.11. The van der Waals surface area contributed by atoms with Crippen molar-refractivity contribution in [2.45, 2.75) is 0 Å². The first-order valence-corrected chi connectivity index (χ1v) is 5.86. The van der Waals surface area contributed by atoms with E-state index < -0.39 is 0 Å². The number of nitriles is 1. The molecule has 0 aliphatic carbocycles. The van der Waals surface area contributed by atoms with E-state index >= 15 is 0 Å². The number of hydrogen-bond acceptors (Lipinski definition) is 6. The number of nitrogens with one attached hydrogen (secondary N) is 1. The number of rotatable bonds is 5. The summed E-state index contributed by atoms with van der Waals surface area (Å²) in [6, 6.07) is 5.31. The van der Waals surface area contributed by atoms with Crippen molar-refractivity contribution in [3.8, 4) is 11.9 Å². The van der Waals surface area contributed by atoms with Gasteiger partial charge in [-0.3, -0.25) is 0 Å². The molecule has 6 nitrogen and oxygen atoms in total. The lowest BCUT2D eigenvalue weighted by molar-refractivity contribution is 0.320. The van der Waals surface area contributed by atoms with Gasteiger partial charge in [-0.05, 0) is 6.07 Å². The Morgan fingerprint density at radius 3 is 2.74 bits per heavy atom. The standard InChI is InChI=1S/C12H10ClN5O/c13-9-1-2-12(18-6-9)19-4-3-15-11-8-16-10(5-14)7-17-11/h1-2,6-8H,3-4H2,(H,15,17). The van der Waals surface area contributed by atoms with Crippen LogP contribution >= 0.6 is 11.6 Å². The van der Waals surface area contributed by atoms with Crippen LogP contribution in [0.1, 0.15) is 5.69 Å². The molecule has 1 N–H and O–H groups in total. The van der Waals surface area contributed by atoms with Crippen LogP contribution in [0.2, 0.25) is 5.02 Å². The second-order valence-electron chi connectivity index (χ2n) is 3.49. The molecular formula is C12H10ClN5O. The van der Waals surface area contributed by atoms with Gasteiger partial charge in [-0.1, -0.05) is 11.6 Å². The lowest BCUT2D eigenvalue weighted by atomic mass is 10.5. The summed E-state index contributed by atoms with van der Waals surface area (Å²) in [5.41, 5.74) is 0.284. The smallest absolute Gasteiger partial charge is 0.213 e. The highest BCUT2D eigenvalue weighted by atomic mass is 35.5. The summed E-state index contributed by atoms with van der Waals surface area (Å²) in [6.07, 6.45) is 4.43. The van der Waals surface area contributed by atoms with E-state index in [9.17, 15) is 0 Å². The van der Waals surface area contributed by atoms with Crippen LogP contribution in [0.3, 0.4) is 0 Å². The lowest BCUT2D eigenvalue weighted by Crippen LogP contribution is -2.13. The highest BCUT2D eigenvalue weighted by Gasteiger charge is 1.97. The molecule has 0 amide bonds. The number of anilines is 1. The Morgan fingerprint density at radius 1 is 1.21 bits per heavy atom. The van der Waals surface area contributed by atoms with Crippen molar-refractivity contribution >= 4 is 17.4 Å². The van der Waals surface area contributed by atoms with Gasteiger partial charge in [-0.25, -0.2) is 15.0 Å². The van der Waals surface area contributed by atoms with Crippen LogP contribution in [0.25, 0.3) is 0 Å². The third-order valence-electron chi connectivity index (χ3n) is 2.12. The first kappa shape index (κ1) is 13.1. The molecule has 2 rings (SSSR count). The van der Waals surface area contributed by atoms with Gasteiger partial charge in [0.25, 0.3) is 0 Å². The zero-order chi connectivity index (χ0) is 13.5. The molecule has 0 aliphatic heterocycles. The summed E-state index contributed by atoms with van der Waals surface area (Å²) in [6.45, 7) is 0.973. The first-order valence-electron chi connectivity index (χ1n) is 5.48. The third-order valence-corrected chi connectivity index (χ3v) is 2.35. The van der Waals surface area contributed by atoms with Crippen LogP contribution in [0, 0.1) is 11.3 Å². The van der Waals surface area contributed by atoms with Gasteiger partial charge in [0.15, 0.2) is 5.69 Å². The maximum atomic E-state index is 8.58. The second-order valence-corrected chi connectivity index (χ2v) is 3.93. The highest BCUT2D eigenvalue weighted by molar-refractivity contribution is 6.30. The average Bonchev–Trinajstić information content (AvgIpc) is 2.46. The molecule has 0 unspecified atom stereocenters. The Hall–Kier alpha value is -2.39. The van der Waals surface area contributed by atoms with E-state index in [4.69, 9.17) is 21.6 Å². The normalized spacial score (nSPS) is 9.68. The summed E-state index contributed by atoms with van der Waals surface area (Å²) in [5, 5.41) is 12.2. The molecule has 96 valence electrons. The molecule has 0 aromatic carbocycles. The lowest BCUT2D eigenvalue weighted by Gasteiger charge is -2.06. The van der Waals surface area contributed by atoms with Gasteiger partial charge in [-0.15, -0.1) is 0 Å². The van der Waals surface area contributed by atoms with Crippen molar-refractivity contribution < 1.29 is 4.74 Å². The fourth-order valence-electron chi connectivity index (χ4n) is 1.26. The van der Waals surface area contributed by atoms with Gasteiger partial charge in [0.05, 0.1) is 24.0 Å². The number of ether oxygens (including phenoxy) is 1. The van der Waals surface area contributed by atoms with Crippen molar-refractivity contribution in [2.24, 2.45) is 0 Å². The number of halogens is 1. The summed E-state index contributed by atoms with van der Waals surface area (Å²) in [4.78, 5) is 11.9. The van der Waals surface area contributed by atoms with Crippen LogP contribution in [0.4, 0.5) is 5.82 Å². The maximum Gasteiger partial charge on any atom is 0.213 e. The SMILES string of the molecule is N#Cc1cnc(NCCOc2ccc(Cl)cn2)cn1. The number of hydrogen-bond donors (Lipinski definition) is 1. The molecule has 2 aromatic rings. The molecule has 0 spiro atoms. The molecule has 0 fully saturated rings. The van der Waals surface area contributed by atoms with Crippen molar-refractivity contribution in [1.82, 2.24) is 15.0 Å². The first-order chi connectivity index (χ1) is 9.28. The van der Waals surface area contributed by atoms with Crippen molar-refractivity contribution in [2.75, 3.05) is 18.5 Å². The molecule has 7 heteroatoms. The summed E-state index contributed by atoms with van der Waals surface area (Å²) in [5.74, 6) is 1.10. The van der Waals surface area contributed by atoms with Crippen molar-refractivity contribution in [3.63, 3.8) is 0 Å². The van der Waals surface area contributed by atoms with Crippen LogP contribution in [0.15, 0.2) is 30.7 Å². The predicted molar refractivity (Wildman–Crippen MR) is 70.0 cm³/mol. The monoisotopic (exact) mass is 275 g/mol. The Morgan fingerprint density at radius 2 is 2.11 bits per heavy atom. The molecule has 0 saturated carbocycles. The number of aromatic nitrogens is 3. The van der Waals surface area contributed by atoms with Gasteiger partial charge in [0, 0.05) is 12.3 Å². The van der Waals surface area contributed by atoms with Gasteiger partial charge in [0.2, 0.25) is 5.88 Å². The van der Waals surface area contributed by atoms with E-state index in [0.29, 0.717) is 29.9 Å². The second kappa shape index (κ2) is 6.52. The van der Waals surface area contributed by atoms with E-state index in [1.165, 1.54) is 18.6 Å². The van der Waals surface area contributed by atoms with Gasteiger partial charge >= 0.3 is 0 Å². The molecule has 2 aromatic heterocycles. The molecule has 2 heterocycles. The van der Waals surface area contributed by atoms with Crippen molar-refractivity contribution in [1.29, 1.82) is 5.26 Å². The largest absolute Gasteiger partial charge is 0.476 e. The molecule has 19 heavy (non-hydrogen) atoms. The zero-order valence-electron chi connectivity index (χ0n) is 9.88. The van der Waals surface area contributed by atoms with Crippen LogP contribution in [0.5, 0.6) is 5.88 Å². The summed E-state index contributed by atoms with van der Waals surface area (Å²) in [7, 11) is 0. The van der Waals surface area contributed by atoms with E-state index in [1.807, 2.05) is 6.07 Å². The molecular weight excluding hydrogens is 266 g/mol. The quantitative estimate of drug-likeness (QED) is 0.839. The van der Waals surface area contributed by atoms with Gasteiger partial charge in [0.1, 0.15) is 18.5 Å². The van der Waals surface area contributed by atoms with Crippen molar-refractivity contribution in [3.05, 3.63) is 41.4 Å². The van der Waals surface area contributed by atoms with Crippen LogP contribution in [-0.2, 0) is 0 Å². The Labute approximate surface area is 115 Å². The fourth-order valence-corrected chi connectivity index (χ4v) is 1.37. The minimum absolute atomic E-state index is 0.284. The molecule has 0 radical (unpaired) electrons. The van der Waals surface area contributed by atoms with E-state index in [-0.39, 0.29) is 5.69 Å². The van der Waals surface area contributed by atoms with E-state index in [1.54, 1.807) is 12.1 Å². The van der Waals surface area contributed by atoms with E-state index in [2.05, 4.69) is 20.3 Å². The molecule has 0 atom stereocenters. The topological polar surface area (TPSA) is 83.7 Å². The summed E-state index contributed by atoms with van der Waals surface area (Å²) < 4.78 is 5.39. The summed E-state index contributed by atoms with van der Waals surface area (Å²) >= 11 is 5.71. The number of nitrogens with zero attached hydrogens (tertiary/aromatic N) is 4. The Kier molecular flexibility index (Phi) is 4.48. The fraction of sp³-hybridized carbons (Fsp3) is 0.167. The van der Waals surface area contributed by atoms with Gasteiger partial charge in [-0.2, -0.15) is 5.26 Å². The molecule has 0 saturated heterocycles. The third kappa shape index (κ3) is 4.08. The van der Waals surface area contributed by atoms with Gasteiger partial charge < -0.3 is 10.1 Å². The Bertz CT molecular complexity index is 564. The number of pyridine rings is 1. The molecule has 0 aliphatic rings. The Balaban J connectivity index is 1.74. The minimum atomic E-state index is 0.284. The minimum Gasteiger partial charge on any atom is -0.476 e. The zero-order valence-corrected chi connectivity index (χ0v) is 10.6.